The monoisotopic (exact) mass is 514 g/mol. The van der Waals surface area contributed by atoms with Crippen LogP contribution < -0.4 is 5.32 Å². The number of rotatable bonds is 2. The van der Waals surface area contributed by atoms with Crippen LogP contribution in [-0.2, 0) is 9.53 Å². The number of nitrogens with zero attached hydrogens (tertiary/aromatic N) is 1. The van der Waals surface area contributed by atoms with Crippen molar-refractivity contribution in [2.45, 2.75) is 111 Å². The molecular weight excluding hydrogens is 468 g/mol. The Hall–Kier alpha value is -2.31. The molecule has 7 heteroatoms. The highest BCUT2D eigenvalue weighted by atomic mass is 16.7. The molecule has 0 spiro atoms. The molecule has 0 aromatic heterocycles. The van der Waals surface area contributed by atoms with Crippen LogP contribution in [0.2, 0.25) is 0 Å². The van der Waals surface area contributed by atoms with Gasteiger partial charge in [0.25, 0.3) is 0 Å². The minimum absolute atomic E-state index is 0.00173. The normalized spacial score (nSPS) is 35.2. The van der Waals surface area contributed by atoms with Crippen LogP contribution >= 0.6 is 0 Å². The quantitative estimate of drug-likeness (QED) is 0.391. The average Bonchev–Trinajstić information content (AvgIpc) is 3.08. The van der Waals surface area contributed by atoms with Crippen molar-refractivity contribution in [2.24, 2.45) is 34.5 Å². The molecule has 0 bridgehead atoms. The van der Waals surface area contributed by atoms with Gasteiger partial charge in [0.1, 0.15) is 5.76 Å². The number of amides is 3. The van der Waals surface area contributed by atoms with Crippen LogP contribution in [0.3, 0.4) is 0 Å². The number of nitrogens with one attached hydrogen (secondary N) is 1. The molecule has 0 aromatic carbocycles. The number of allylic oxidation sites excluding steroid dienone is 4. The zero-order chi connectivity index (χ0) is 27.6. The SMILES string of the molecule is CC(C)(C)NC(=O)N(C(=O)[C@H]1CC[C@H]2[C@@H]3CC=C4C=C(OC(=O)O)CC[C@]4(C)[C@H]3CC[C@]12C)C(C)(C)C. The van der Waals surface area contributed by atoms with Crippen molar-refractivity contribution in [3.63, 3.8) is 0 Å². The van der Waals surface area contributed by atoms with E-state index >= 15 is 0 Å². The number of carbonyl (C=O) groups excluding carboxylic acids is 2. The number of ether oxygens (including phenoxy) is 1. The lowest BCUT2D eigenvalue weighted by Crippen LogP contribution is -2.60. The van der Waals surface area contributed by atoms with Gasteiger partial charge in [0.05, 0.1) is 0 Å². The Kier molecular flexibility index (Phi) is 6.86. The Morgan fingerprint density at radius 1 is 1.03 bits per heavy atom. The van der Waals surface area contributed by atoms with E-state index in [-0.39, 0.29) is 28.7 Å². The maximum Gasteiger partial charge on any atom is 0.511 e. The van der Waals surface area contributed by atoms with Gasteiger partial charge in [0.2, 0.25) is 5.91 Å². The van der Waals surface area contributed by atoms with E-state index in [1.165, 1.54) is 10.5 Å². The van der Waals surface area contributed by atoms with E-state index < -0.39 is 17.2 Å². The summed E-state index contributed by atoms with van der Waals surface area (Å²) in [5.74, 6) is 1.77. The molecule has 2 saturated carbocycles. The fraction of sp³-hybridized carbons (Fsp3) is 0.767. The number of hydrogen-bond acceptors (Lipinski definition) is 4. The summed E-state index contributed by atoms with van der Waals surface area (Å²) >= 11 is 0. The third-order valence-electron chi connectivity index (χ3n) is 9.82. The molecule has 4 aliphatic carbocycles. The van der Waals surface area contributed by atoms with Crippen LogP contribution in [0.1, 0.15) is 100 Å². The summed E-state index contributed by atoms with van der Waals surface area (Å²) in [5.41, 5.74) is 0.0446. The minimum atomic E-state index is -1.25. The second kappa shape index (κ2) is 9.16. The summed E-state index contributed by atoms with van der Waals surface area (Å²) < 4.78 is 5.01. The second-order valence-electron chi connectivity index (χ2n) is 14.4. The minimum Gasteiger partial charge on any atom is -0.449 e. The van der Waals surface area contributed by atoms with Crippen molar-refractivity contribution in [1.29, 1.82) is 0 Å². The van der Waals surface area contributed by atoms with Crippen molar-refractivity contribution >= 4 is 18.1 Å². The van der Waals surface area contributed by atoms with E-state index in [0.29, 0.717) is 29.9 Å². The third kappa shape index (κ3) is 4.95. The maximum absolute atomic E-state index is 14.1. The van der Waals surface area contributed by atoms with E-state index in [1.807, 2.05) is 47.6 Å². The smallest absolute Gasteiger partial charge is 0.449 e. The lowest BCUT2D eigenvalue weighted by atomic mass is 9.48. The Morgan fingerprint density at radius 3 is 2.30 bits per heavy atom. The molecule has 7 nitrogen and oxygen atoms in total. The van der Waals surface area contributed by atoms with E-state index in [0.717, 1.165) is 38.5 Å². The number of urea groups is 1. The summed E-state index contributed by atoms with van der Waals surface area (Å²) in [6.45, 7) is 16.3. The molecule has 0 aromatic rings. The predicted molar refractivity (Wildman–Crippen MR) is 143 cm³/mol. The number of hydrogen-bond donors (Lipinski definition) is 2. The zero-order valence-corrected chi connectivity index (χ0v) is 23.9. The van der Waals surface area contributed by atoms with Crippen LogP contribution in [0, 0.1) is 34.5 Å². The van der Waals surface area contributed by atoms with Crippen LogP contribution in [0.5, 0.6) is 0 Å². The summed E-state index contributed by atoms with van der Waals surface area (Å²) in [6.07, 6.45) is 9.31. The van der Waals surface area contributed by atoms with Gasteiger partial charge in [-0.05, 0) is 120 Å². The molecule has 3 amide bonds. The van der Waals surface area contributed by atoms with Crippen molar-refractivity contribution in [2.75, 3.05) is 0 Å². The van der Waals surface area contributed by atoms with Gasteiger partial charge in [-0.15, -0.1) is 0 Å². The lowest BCUT2D eigenvalue weighted by molar-refractivity contribution is -0.143. The number of fused-ring (bicyclic) bond motifs is 5. The fourth-order valence-corrected chi connectivity index (χ4v) is 8.17. The van der Waals surface area contributed by atoms with Crippen molar-refractivity contribution < 1.29 is 24.2 Å². The zero-order valence-electron chi connectivity index (χ0n) is 23.9. The van der Waals surface area contributed by atoms with Gasteiger partial charge in [-0.2, -0.15) is 0 Å². The molecule has 4 rings (SSSR count). The van der Waals surface area contributed by atoms with E-state index in [2.05, 4.69) is 25.2 Å². The Bertz CT molecular complexity index is 1030. The molecule has 2 N–H and O–H groups in total. The fourth-order valence-electron chi connectivity index (χ4n) is 8.17. The van der Waals surface area contributed by atoms with Gasteiger partial charge in [0.15, 0.2) is 0 Å². The molecule has 0 heterocycles. The molecule has 6 atom stereocenters. The van der Waals surface area contributed by atoms with Gasteiger partial charge in [-0.25, -0.2) is 9.59 Å². The summed E-state index contributed by atoms with van der Waals surface area (Å²) in [4.78, 5) is 40.0. The van der Waals surface area contributed by atoms with Crippen LogP contribution in [-0.4, -0.2) is 39.2 Å². The highest BCUT2D eigenvalue weighted by Crippen LogP contribution is 2.66. The standard InChI is InChI=1S/C30H46N2O5/c1-27(2,3)31-25(34)32(28(4,5)6)24(33)23-12-11-21-20-10-9-18-17-19(37-26(35)36)13-15-29(18,7)22(20)14-16-30(21,23)8/h9,17,20-23H,10-16H2,1-8H3,(H,31,34)(H,35,36)/t20-,21-,22-,23+,29-,30-/m0/s1. The van der Waals surface area contributed by atoms with Crippen LogP contribution in [0.25, 0.3) is 0 Å². The third-order valence-corrected chi connectivity index (χ3v) is 9.82. The number of imide groups is 1. The first-order valence-electron chi connectivity index (χ1n) is 14.0. The Morgan fingerprint density at radius 2 is 1.70 bits per heavy atom. The van der Waals surface area contributed by atoms with E-state index in [4.69, 9.17) is 9.84 Å². The van der Waals surface area contributed by atoms with Crippen LogP contribution in [0.4, 0.5) is 9.59 Å². The molecular formula is C30H46N2O5. The summed E-state index contributed by atoms with van der Waals surface area (Å²) in [7, 11) is 0. The first-order valence-corrected chi connectivity index (χ1v) is 14.0. The molecule has 4 aliphatic rings. The first kappa shape index (κ1) is 27.7. The molecule has 0 radical (unpaired) electrons. The lowest BCUT2D eigenvalue weighted by Gasteiger charge is -2.57. The molecule has 0 saturated heterocycles. The van der Waals surface area contributed by atoms with Crippen molar-refractivity contribution in [3.8, 4) is 0 Å². The summed E-state index contributed by atoms with van der Waals surface area (Å²) in [6, 6.07) is -0.308. The van der Waals surface area contributed by atoms with Crippen LogP contribution in [0.15, 0.2) is 23.5 Å². The molecule has 37 heavy (non-hydrogen) atoms. The Balaban J connectivity index is 1.59. The average molecular weight is 515 g/mol. The van der Waals surface area contributed by atoms with Gasteiger partial charge in [-0.1, -0.05) is 19.9 Å². The topological polar surface area (TPSA) is 95.9 Å². The van der Waals surface area contributed by atoms with E-state index in [9.17, 15) is 14.4 Å². The van der Waals surface area contributed by atoms with Crippen molar-refractivity contribution in [3.05, 3.63) is 23.5 Å². The Labute approximate surface area is 222 Å². The summed E-state index contributed by atoms with van der Waals surface area (Å²) in [5, 5.41) is 12.1. The van der Waals surface area contributed by atoms with Gasteiger partial charge < -0.3 is 15.2 Å². The van der Waals surface area contributed by atoms with E-state index in [1.54, 1.807) is 0 Å². The largest absolute Gasteiger partial charge is 0.511 e. The molecule has 206 valence electrons. The molecule has 0 aliphatic heterocycles. The molecule has 0 unspecified atom stereocenters. The second-order valence-corrected chi connectivity index (χ2v) is 14.4. The first-order chi connectivity index (χ1) is 17.0. The van der Waals surface area contributed by atoms with Gasteiger partial charge in [-0.3, -0.25) is 9.69 Å². The number of carboxylic acid groups (broad SMARTS) is 1. The molecule has 2 fully saturated rings. The van der Waals surface area contributed by atoms with Gasteiger partial charge in [0, 0.05) is 23.4 Å². The van der Waals surface area contributed by atoms with Gasteiger partial charge >= 0.3 is 12.2 Å². The van der Waals surface area contributed by atoms with Crippen molar-refractivity contribution in [1.82, 2.24) is 10.2 Å². The predicted octanol–water partition coefficient (Wildman–Crippen LogP) is 6.89. The highest BCUT2D eigenvalue weighted by molar-refractivity contribution is 5.97. The highest BCUT2D eigenvalue weighted by Gasteiger charge is 2.60. The number of carbonyl (C=O) groups is 3. The maximum atomic E-state index is 14.1.